The first-order chi connectivity index (χ1) is 4.74. The van der Waals surface area contributed by atoms with Gasteiger partial charge in [0.05, 0.1) is 6.10 Å². The second-order valence-electron chi connectivity index (χ2n) is 2.72. The summed E-state index contributed by atoms with van der Waals surface area (Å²) in [7, 11) is 0. The van der Waals surface area contributed by atoms with E-state index >= 15 is 0 Å². The molecule has 0 spiro atoms. The quantitative estimate of drug-likeness (QED) is 0.431. The van der Waals surface area contributed by atoms with E-state index in [1.165, 1.54) is 5.57 Å². The fraction of sp³-hybridized carbons (Fsp3) is 0.750. The molecule has 0 aromatic rings. The lowest BCUT2D eigenvalue weighted by atomic mass is 9.95. The number of alkyl halides is 1. The predicted octanol–water partition coefficient (Wildman–Crippen LogP) is 2.28. The largest absolute Gasteiger partial charge is 0.389 e. The Labute approximate surface area is 75.7 Å². The van der Waals surface area contributed by atoms with Gasteiger partial charge in [0, 0.05) is 3.92 Å². The highest BCUT2D eigenvalue weighted by molar-refractivity contribution is 14.1. The van der Waals surface area contributed by atoms with Crippen LogP contribution in [0.3, 0.4) is 0 Å². The van der Waals surface area contributed by atoms with E-state index in [1.807, 2.05) is 0 Å². The fourth-order valence-electron chi connectivity index (χ4n) is 1.29. The van der Waals surface area contributed by atoms with Crippen molar-refractivity contribution in [3.05, 3.63) is 11.6 Å². The minimum Gasteiger partial charge on any atom is -0.389 e. The number of allylic oxidation sites excluding steroid dienone is 1. The molecule has 0 fully saturated rings. The Hall–Kier alpha value is 0.430. The molecule has 1 N–H and O–H groups in total. The second kappa shape index (κ2) is 3.72. The topological polar surface area (TPSA) is 20.2 Å². The predicted molar refractivity (Wildman–Crippen MR) is 51.4 cm³/mol. The average molecular weight is 252 g/mol. The van der Waals surface area contributed by atoms with Crippen molar-refractivity contribution in [3.8, 4) is 0 Å². The zero-order valence-corrected chi connectivity index (χ0v) is 8.34. The minimum atomic E-state index is -0.152. The maximum absolute atomic E-state index is 9.47. The van der Waals surface area contributed by atoms with Crippen molar-refractivity contribution in [2.45, 2.75) is 36.2 Å². The normalized spacial score (nSPS) is 33.7. The molecule has 58 valence electrons. The van der Waals surface area contributed by atoms with Crippen LogP contribution in [-0.2, 0) is 0 Å². The van der Waals surface area contributed by atoms with Crippen LogP contribution in [0.15, 0.2) is 11.6 Å². The summed E-state index contributed by atoms with van der Waals surface area (Å²) in [5.41, 5.74) is 1.23. The number of aliphatic hydroxyl groups is 1. The van der Waals surface area contributed by atoms with Crippen molar-refractivity contribution in [1.29, 1.82) is 0 Å². The van der Waals surface area contributed by atoms with Crippen LogP contribution in [0, 0.1) is 0 Å². The van der Waals surface area contributed by atoms with Crippen LogP contribution < -0.4 is 0 Å². The molecule has 0 amide bonds. The van der Waals surface area contributed by atoms with Crippen LogP contribution in [0.25, 0.3) is 0 Å². The number of halogens is 1. The van der Waals surface area contributed by atoms with E-state index in [1.54, 1.807) is 0 Å². The first kappa shape index (κ1) is 8.53. The van der Waals surface area contributed by atoms with Crippen LogP contribution >= 0.6 is 22.6 Å². The maximum atomic E-state index is 9.47. The van der Waals surface area contributed by atoms with E-state index in [-0.39, 0.29) is 6.10 Å². The molecule has 1 aliphatic rings. The molecular formula is C8H13IO. The smallest absolute Gasteiger partial charge is 0.0760 e. The highest BCUT2D eigenvalue weighted by Gasteiger charge is 2.18. The van der Waals surface area contributed by atoms with Gasteiger partial charge in [0.2, 0.25) is 0 Å². The van der Waals surface area contributed by atoms with Crippen LogP contribution in [0.5, 0.6) is 0 Å². The molecule has 1 nitrogen and oxygen atoms in total. The second-order valence-corrected chi connectivity index (χ2v) is 4.48. The first-order valence-corrected chi connectivity index (χ1v) is 4.99. The van der Waals surface area contributed by atoms with E-state index in [0.717, 1.165) is 19.3 Å². The molecule has 1 aliphatic carbocycles. The maximum Gasteiger partial charge on any atom is 0.0760 e. The lowest BCUT2D eigenvalue weighted by Crippen LogP contribution is -2.19. The van der Waals surface area contributed by atoms with Crippen molar-refractivity contribution in [3.63, 3.8) is 0 Å². The Bertz CT molecular complexity index is 142. The molecule has 0 aliphatic heterocycles. The molecule has 10 heavy (non-hydrogen) atoms. The van der Waals surface area contributed by atoms with Gasteiger partial charge in [-0.2, -0.15) is 0 Å². The summed E-state index contributed by atoms with van der Waals surface area (Å²) in [5, 5.41) is 9.47. The average Bonchev–Trinajstić information content (AvgIpc) is 1.88. The summed E-state index contributed by atoms with van der Waals surface area (Å²) in [5.74, 6) is 0. The van der Waals surface area contributed by atoms with Crippen molar-refractivity contribution >= 4 is 22.6 Å². The summed E-state index contributed by atoms with van der Waals surface area (Å²) < 4.78 is 0.642. The Morgan fingerprint density at radius 3 is 3.00 bits per heavy atom. The van der Waals surface area contributed by atoms with E-state index in [2.05, 4.69) is 35.6 Å². The number of hydrogen-bond donors (Lipinski definition) is 1. The lowest BCUT2D eigenvalue weighted by Gasteiger charge is -2.21. The molecule has 0 aromatic carbocycles. The molecule has 2 heteroatoms. The van der Waals surface area contributed by atoms with Crippen LogP contribution in [0.1, 0.15) is 26.2 Å². The van der Waals surface area contributed by atoms with Gasteiger partial charge in [-0.05, 0) is 24.8 Å². The SMILES string of the molecule is CCC1=CCC(I)CC1O. The summed E-state index contributed by atoms with van der Waals surface area (Å²) >= 11 is 2.39. The first-order valence-electron chi connectivity index (χ1n) is 3.75. The Kier molecular flexibility index (Phi) is 3.17. The molecule has 1 rings (SSSR count). The standard InChI is InChI=1S/C8H13IO/c1-2-6-3-4-7(9)5-8(6)10/h3,7-8,10H,2,4-5H2,1H3. The van der Waals surface area contributed by atoms with Crippen molar-refractivity contribution in [2.75, 3.05) is 0 Å². The molecule has 0 saturated carbocycles. The third-order valence-corrected chi connectivity index (χ3v) is 2.97. The number of rotatable bonds is 1. The van der Waals surface area contributed by atoms with Crippen molar-refractivity contribution in [1.82, 2.24) is 0 Å². The van der Waals surface area contributed by atoms with Gasteiger partial charge in [-0.25, -0.2) is 0 Å². The fourth-order valence-corrected chi connectivity index (χ4v) is 2.02. The van der Waals surface area contributed by atoms with Crippen molar-refractivity contribution in [2.24, 2.45) is 0 Å². The van der Waals surface area contributed by atoms with Crippen LogP contribution in [0.4, 0.5) is 0 Å². The molecule has 2 unspecified atom stereocenters. The highest BCUT2D eigenvalue weighted by Crippen LogP contribution is 2.25. The van der Waals surface area contributed by atoms with Gasteiger partial charge in [0.1, 0.15) is 0 Å². The summed E-state index contributed by atoms with van der Waals surface area (Å²) in [6, 6.07) is 0. The molecule has 0 saturated heterocycles. The van der Waals surface area contributed by atoms with Gasteiger partial charge in [0.15, 0.2) is 0 Å². The van der Waals surface area contributed by atoms with E-state index in [9.17, 15) is 5.11 Å². The summed E-state index contributed by atoms with van der Waals surface area (Å²) in [4.78, 5) is 0. The van der Waals surface area contributed by atoms with E-state index < -0.39 is 0 Å². The molecule has 0 aromatic heterocycles. The molecular weight excluding hydrogens is 239 g/mol. The van der Waals surface area contributed by atoms with Gasteiger partial charge >= 0.3 is 0 Å². The Balaban J connectivity index is 2.57. The number of aliphatic hydroxyl groups excluding tert-OH is 1. The molecule has 0 heterocycles. The number of hydrogen-bond acceptors (Lipinski definition) is 1. The van der Waals surface area contributed by atoms with Gasteiger partial charge in [-0.3, -0.25) is 0 Å². The van der Waals surface area contributed by atoms with E-state index in [4.69, 9.17) is 0 Å². The van der Waals surface area contributed by atoms with Crippen LogP contribution in [0.2, 0.25) is 0 Å². The Morgan fingerprint density at radius 1 is 1.80 bits per heavy atom. The van der Waals surface area contributed by atoms with E-state index in [0.29, 0.717) is 3.92 Å². The molecule has 0 radical (unpaired) electrons. The summed E-state index contributed by atoms with van der Waals surface area (Å²) in [6.07, 6.45) is 5.12. The minimum absolute atomic E-state index is 0.152. The molecule has 2 atom stereocenters. The van der Waals surface area contributed by atoms with Crippen molar-refractivity contribution < 1.29 is 5.11 Å². The monoisotopic (exact) mass is 252 g/mol. The Morgan fingerprint density at radius 2 is 2.50 bits per heavy atom. The third kappa shape index (κ3) is 1.95. The zero-order chi connectivity index (χ0) is 7.56. The third-order valence-electron chi connectivity index (χ3n) is 1.95. The van der Waals surface area contributed by atoms with Gasteiger partial charge in [-0.15, -0.1) is 0 Å². The lowest BCUT2D eigenvalue weighted by molar-refractivity contribution is 0.192. The zero-order valence-electron chi connectivity index (χ0n) is 6.18. The van der Waals surface area contributed by atoms with Gasteiger partial charge < -0.3 is 5.11 Å². The van der Waals surface area contributed by atoms with Gasteiger partial charge in [-0.1, -0.05) is 35.6 Å². The molecule has 0 bridgehead atoms. The van der Waals surface area contributed by atoms with Gasteiger partial charge in [0.25, 0.3) is 0 Å². The highest BCUT2D eigenvalue weighted by atomic mass is 127. The summed E-state index contributed by atoms with van der Waals surface area (Å²) in [6.45, 7) is 2.10. The van der Waals surface area contributed by atoms with Crippen LogP contribution in [-0.4, -0.2) is 15.1 Å².